The molecule has 6 heteroatoms. The van der Waals surface area contributed by atoms with Gasteiger partial charge in [-0.15, -0.1) is 24.0 Å². The highest BCUT2D eigenvalue weighted by Crippen LogP contribution is 2.44. The molecule has 0 atom stereocenters. The van der Waals surface area contributed by atoms with E-state index >= 15 is 0 Å². The van der Waals surface area contributed by atoms with E-state index in [-0.39, 0.29) is 29.4 Å². The molecule has 0 spiro atoms. The van der Waals surface area contributed by atoms with Gasteiger partial charge in [0.15, 0.2) is 5.96 Å². The van der Waals surface area contributed by atoms with Crippen LogP contribution in [0.15, 0.2) is 29.3 Å². The average molecular weight is 461 g/mol. The fourth-order valence-electron chi connectivity index (χ4n) is 3.57. The summed E-state index contributed by atoms with van der Waals surface area (Å²) >= 11 is 0. The van der Waals surface area contributed by atoms with Crippen LogP contribution in [0.4, 0.5) is 0 Å². The maximum absolute atomic E-state index is 5.62. The van der Waals surface area contributed by atoms with Gasteiger partial charge in [0.1, 0.15) is 5.75 Å². The van der Waals surface area contributed by atoms with E-state index in [1.165, 1.54) is 31.2 Å². The zero-order valence-corrected chi connectivity index (χ0v) is 18.0. The first kappa shape index (κ1) is 22.0. The Kier molecular flexibility index (Phi) is 10.2. The predicted molar refractivity (Wildman–Crippen MR) is 114 cm³/mol. The highest BCUT2D eigenvalue weighted by atomic mass is 127. The van der Waals surface area contributed by atoms with E-state index in [0.29, 0.717) is 0 Å². The summed E-state index contributed by atoms with van der Waals surface area (Å²) in [7, 11) is 5.30. The normalized spacial score (nSPS) is 16.2. The number of ether oxygens (including phenoxy) is 2. The van der Waals surface area contributed by atoms with E-state index in [9.17, 15) is 0 Å². The van der Waals surface area contributed by atoms with E-state index in [1.54, 1.807) is 14.2 Å². The first-order valence-electron chi connectivity index (χ1n) is 8.83. The molecule has 1 aromatic rings. The topological polar surface area (TPSA) is 54.9 Å². The number of guanidine groups is 1. The SMILES string of the molecule is CN=C(NCCCOC)NCC1(c2ccccc2OC)CCCC1.I. The number of benzene rings is 1. The monoisotopic (exact) mass is 461 g/mol. The van der Waals surface area contributed by atoms with Gasteiger partial charge in [0, 0.05) is 44.8 Å². The van der Waals surface area contributed by atoms with Gasteiger partial charge in [-0.2, -0.15) is 0 Å². The second-order valence-electron chi connectivity index (χ2n) is 6.39. The van der Waals surface area contributed by atoms with Crippen LogP contribution >= 0.6 is 24.0 Å². The quantitative estimate of drug-likeness (QED) is 0.270. The van der Waals surface area contributed by atoms with Crippen molar-refractivity contribution in [1.29, 1.82) is 0 Å². The summed E-state index contributed by atoms with van der Waals surface area (Å²) in [6, 6.07) is 8.41. The number of hydrogen-bond donors (Lipinski definition) is 2. The number of para-hydroxylation sites is 1. The molecule has 142 valence electrons. The molecular weight excluding hydrogens is 429 g/mol. The van der Waals surface area contributed by atoms with Crippen LogP contribution in [-0.4, -0.2) is 46.9 Å². The standard InChI is InChI=1S/C19H31N3O2.HI/c1-20-18(21-13-8-14-23-2)22-15-19(11-6-7-12-19)16-9-4-5-10-17(16)24-3;/h4-5,9-10H,6-8,11-15H2,1-3H3,(H2,20,21,22);1H. The minimum atomic E-state index is 0. The van der Waals surface area contributed by atoms with Gasteiger partial charge in [-0.25, -0.2) is 0 Å². The van der Waals surface area contributed by atoms with Gasteiger partial charge in [-0.3, -0.25) is 4.99 Å². The first-order chi connectivity index (χ1) is 11.8. The zero-order chi connectivity index (χ0) is 17.3. The van der Waals surface area contributed by atoms with Crippen molar-refractivity contribution in [2.75, 3.05) is 41.0 Å². The fraction of sp³-hybridized carbons (Fsp3) is 0.632. The van der Waals surface area contributed by atoms with E-state index < -0.39 is 0 Å². The lowest BCUT2D eigenvalue weighted by Gasteiger charge is -2.32. The number of methoxy groups -OCH3 is 2. The largest absolute Gasteiger partial charge is 0.496 e. The molecular formula is C19H32IN3O2. The van der Waals surface area contributed by atoms with Gasteiger partial charge in [-0.1, -0.05) is 31.0 Å². The molecule has 1 aliphatic carbocycles. The minimum absolute atomic E-state index is 0. The van der Waals surface area contributed by atoms with Crippen molar-refractivity contribution in [3.05, 3.63) is 29.8 Å². The Morgan fingerprint density at radius 2 is 1.88 bits per heavy atom. The molecule has 2 rings (SSSR count). The maximum atomic E-state index is 5.62. The Morgan fingerprint density at radius 1 is 1.16 bits per heavy atom. The lowest BCUT2D eigenvalue weighted by molar-refractivity contribution is 0.195. The lowest BCUT2D eigenvalue weighted by Crippen LogP contribution is -2.45. The fourth-order valence-corrected chi connectivity index (χ4v) is 3.57. The van der Waals surface area contributed by atoms with Crippen LogP contribution in [0, 0.1) is 0 Å². The highest BCUT2D eigenvalue weighted by molar-refractivity contribution is 14.0. The van der Waals surface area contributed by atoms with Crippen molar-refractivity contribution >= 4 is 29.9 Å². The number of halogens is 1. The van der Waals surface area contributed by atoms with Crippen LogP contribution in [-0.2, 0) is 10.2 Å². The summed E-state index contributed by atoms with van der Waals surface area (Å²) in [4.78, 5) is 4.34. The number of rotatable bonds is 8. The minimum Gasteiger partial charge on any atom is -0.496 e. The van der Waals surface area contributed by atoms with Gasteiger partial charge in [0.2, 0.25) is 0 Å². The maximum Gasteiger partial charge on any atom is 0.191 e. The molecule has 0 heterocycles. The van der Waals surface area contributed by atoms with Crippen molar-refractivity contribution in [2.45, 2.75) is 37.5 Å². The van der Waals surface area contributed by atoms with E-state index in [1.807, 2.05) is 13.1 Å². The Morgan fingerprint density at radius 3 is 2.52 bits per heavy atom. The Balaban J connectivity index is 0.00000312. The molecule has 5 nitrogen and oxygen atoms in total. The van der Waals surface area contributed by atoms with Crippen LogP contribution in [0.5, 0.6) is 5.75 Å². The zero-order valence-electron chi connectivity index (χ0n) is 15.6. The summed E-state index contributed by atoms with van der Waals surface area (Å²) in [5.41, 5.74) is 1.43. The van der Waals surface area contributed by atoms with E-state index in [0.717, 1.165) is 37.8 Å². The molecule has 0 bridgehead atoms. The van der Waals surface area contributed by atoms with E-state index in [2.05, 4.69) is 33.8 Å². The van der Waals surface area contributed by atoms with Crippen LogP contribution in [0.2, 0.25) is 0 Å². The molecule has 1 fully saturated rings. The Labute approximate surface area is 169 Å². The first-order valence-corrected chi connectivity index (χ1v) is 8.83. The smallest absolute Gasteiger partial charge is 0.191 e. The molecule has 0 radical (unpaired) electrons. The lowest BCUT2D eigenvalue weighted by atomic mass is 9.78. The number of aliphatic imine (C=N–C) groups is 1. The summed E-state index contributed by atoms with van der Waals surface area (Å²) < 4.78 is 10.7. The van der Waals surface area contributed by atoms with Gasteiger partial charge >= 0.3 is 0 Å². The van der Waals surface area contributed by atoms with Crippen molar-refractivity contribution in [1.82, 2.24) is 10.6 Å². The molecule has 0 unspecified atom stereocenters. The molecule has 2 N–H and O–H groups in total. The Hall–Kier alpha value is -1.02. The van der Waals surface area contributed by atoms with E-state index in [4.69, 9.17) is 9.47 Å². The summed E-state index contributed by atoms with van der Waals surface area (Å²) in [6.07, 6.45) is 5.86. The van der Waals surface area contributed by atoms with Gasteiger partial charge in [0.05, 0.1) is 7.11 Å². The molecule has 25 heavy (non-hydrogen) atoms. The molecule has 0 aliphatic heterocycles. The molecule has 0 amide bonds. The average Bonchev–Trinajstić information content (AvgIpc) is 3.11. The number of nitrogens with zero attached hydrogens (tertiary/aromatic N) is 1. The van der Waals surface area contributed by atoms with Crippen molar-refractivity contribution in [3.8, 4) is 5.75 Å². The van der Waals surface area contributed by atoms with Gasteiger partial charge in [0.25, 0.3) is 0 Å². The van der Waals surface area contributed by atoms with Crippen molar-refractivity contribution < 1.29 is 9.47 Å². The molecule has 1 aromatic carbocycles. The molecule has 1 aliphatic rings. The second kappa shape index (κ2) is 11.6. The summed E-state index contributed by atoms with van der Waals surface area (Å²) in [6.45, 7) is 2.49. The molecule has 1 saturated carbocycles. The third-order valence-electron chi connectivity index (χ3n) is 4.87. The summed E-state index contributed by atoms with van der Waals surface area (Å²) in [5, 5.41) is 6.87. The third-order valence-corrected chi connectivity index (χ3v) is 4.87. The van der Waals surface area contributed by atoms with Crippen LogP contribution in [0.3, 0.4) is 0 Å². The second-order valence-corrected chi connectivity index (χ2v) is 6.39. The van der Waals surface area contributed by atoms with Crippen molar-refractivity contribution in [2.24, 2.45) is 4.99 Å². The van der Waals surface area contributed by atoms with Crippen LogP contribution in [0.25, 0.3) is 0 Å². The Bertz CT molecular complexity index is 531. The van der Waals surface area contributed by atoms with Crippen LogP contribution < -0.4 is 15.4 Å². The third kappa shape index (κ3) is 6.02. The van der Waals surface area contributed by atoms with Crippen molar-refractivity contribution in [3.63, 3.8) is 0 Å². The number of nitrogens with one attached hydrogen (secondary N) is 2. The predicted octanol–water partition coefficient (Wildman–Crippen LogP) is 3.33. The van der Waals surface area contributed by atoms with Gasteiger partial charge < -0.3 is 20.1 Å². The van der Waals surface area contributed by atoms with Crippen LogP contribution in [0.1, 0.15) is 37.7 Å². The highest BCUT2D eigenvalue weighted by Gasteiger charge is 2.37. The number of hydrogen-bond acceptors (Lipinski definition) is 3. The molecule has 0 aromatic heterocycles. The molecule has 0 saturated heterocycles. The van der Waals surface area contributed by atoms with Gasteiger partial charge in [-0.05, 0) is 25.3 Å². The summed E-state index contributed by atoms with van der Waals surface area (Å²) in [5.74, 6) is 1.84.